The maximum absolute atomic E-state index is 4.22. The lowest BCUT2D eigenvalue weighted by Gasteiger charge is -2.07. The van der Waals surface area contributed by atoms with Crippen LogP contribution in [0.2, 0.25) is 0 Å². The third-order valence-electron chi connectivity index (χ3n) is 3.74. The van der Waals surface area contributed by atoms with Crippen molar-refractivity contribution in [2.75, 3.05) is 0 Å². The van der Waals surface area contributed by atoms with Gasteiger partial charge in [0.25, 0.3) is 0 Å². The summed E-state index contributed by atoms with van der Waals surface area (Å²) in [6.07, 6.45) is 4.69. The normalized spacial score (nSPS) is 30.2. The fourth-order valence-corrected chi connectivity index (χ4v) is 2.72. The van der Waals surface area contributed by atoms with Gasteiger partial charge in [-0.3, -0.25) is 4.68 Å². The van der Waals surface area contributed by atoms with Crippen molar-refractivity contribution in [2.24, 2.45) is 18.9 Å². The number of fused-ring (bicyclic) bond motifs is 2. The molecular weight excluding hydrogens is 174 g/mol. The molecule has 1 aromatic rings. The first-order valence-electron chi connectivity index (χ1n) is 5.33. The Morgan fingerprint density at radius 2 is 2.00 bits per heavy atom. The third kappa shape index (κ3) is 1.04. The van der Waals surface area contributed by atoms with Crippen LogP contribution >= 0.6 is 0 Å². The minimum absolute atomic E-state index is 0.796. The van der Waals surface area contributed by atoms with Crippen molar-refractivity contribution < 1.29 is 0 Å². The van der Waals surface area contributed by atoms with Crippen LogP contribution in [0.1, 0.15) is 24.2 Å². The third-order valence-corrected chi connectivity index (χ3v) is 3.74. The summed E-state index contributed by atoms with van der Waals surface area (Å²) in [5.41, 5.74) is 4.03. The van der Waals surface area contributed by atoms with Gasteiger partial charge in [0.1, 0.15) is 0 Å². The molecule has 0 saturated heterocycles. The molecule has 1 saturated carbocycles. The molecule has 1 fully saturated rings. The SMILES string of the molecule is C=C1C2CCc3c(nnn3C)CC[C@@H]12. The van der Waals surface area contributed by atoms with Gasteiger partial charge in [-0.1, -0.05) is 17.4 Å². The van der Waals surface area contributed by atoms with Crippen LogP contribution in [0.5, 0.6) is 0 Å². The maximum atomic E-state index is 4.22. The van der Waals surface area contributed by atoms with Crippen LogP contribution in [0, 0.1) is 11.8 Å². The van der Waals surface area contributed by atoms with E-state index in [0.29, 0.717) is 0 Å². The van der Waals surface area contributed by atoms with Crippen LogP contribution in [-0.2, 0) is 19.9 Å². The molecule has 0 N–H and O–H groups in total. The van der Waals surface area contributed by atoms with Crippen molar-refractivity contribution in [3.8, 4) is 0 Å². The number of allylic oxidation sites excluding steroid dienone is 1. The van der Waals surface area contributed by atoms with Crippen LogP contribution in [0.3, 0.4) is 0 Å². The molecule has 0 bridgehead atoms. The van der Waals surface area contributed by atoms with Gasteiger partial charge in [0.15, 0.2) is 0 Å². The molecule has 1 unspecified atom stereocenters. The van der Waals surface area contributed by atoms with Crippen molar-refractivity contribution in [1.82, 2.24) is 15.0 Å². The quantitative estimate of drug-likeness (QED) is 0.579. The first kappa shape index (κ1) is 8.21. The number of nitrogens with zero attached hydrogens (tertiary/aromatic N) is 3. The predicted molar refractivity (Wildman–Crippen MR) is 53.8 cm³/mol. The van der Waals surface area contributed by atoms with E-state index in [4.69, 9.17) is 0 Å². The lowest BCUT2D eigenvalue weighted by molar-refractivity contribution is 0.566. The van der Waals surface area contributed by atoms with Crippen molar-refractivity contribution >= 4 is 0 Å². The number of hydrogen-bond donors (Lipinski definition) is 0. The first-order chi connectivity index (χ1) is 6.77. The van der Waals surface area contributed by atoms with Crippen LogP contribution in [0.25, 0.3) is 0 Å². The summed E-state index contributed by atoms with van der Waals surface area (Å²) in [5, 5.41) is 8.30. The Hall–Kier alpha value is -1.12. The summed E-state index contributed by atoms with van der Waals surface area (Å²) < 4.78 is 1.93. The summed E-state index contributed by atoms with van der Waals surface area (Å²) in [6.45, 7) is 4.12. The van der Waals surface area contributed by atoms with E-state index < -0.39 is 0 Å². The standard InChI is InChI=1S/C11H15N3/c1-7-8-3-5-10-11(6-4-9(7)8)14(2)13-12-10/h8-9H,1,3-6H2,2H3/t8-,9?/m0/s1. The molecule has 0 spiro atoms. The van der Waals surface area contributed by atoms with E-state index in [0.717, 1.165) is 24.7 Å². The molecule has 0 aliphatic heterocycles. The minimum Gasteiger partial charge on any atom is -0.252 e. The molecule has 14 heavy (non-hydrogen) atoms. The molecular formula is C11H15N3. The largest absolute Gasteiger partial charge is 0.252 e. The molecule has 1 aromatic heterocycles. The highest BCUT2D eigenvalue weighted by atomic mass is 15.4. The van der Waals surface area contributed by atoms with E-state index >= 15 is 0 Å². The molecule has 0 aromatic carbocycles. The van der Waals surface area contributed by atoms with Crippen molar-refractivity contribution in [1.29, 1.82) is 0 Å². The summed E-state index contributed by atoms with van der Waals surface area (Å²) in [5.74, 6) is 1.60. The monoisotopic (exact) mass is 189 g/mol. The Balaban J connectivity index is 1.90. The zero-order valence-electron chi connectivity index (χ0n) is 8.53. The fraction of sp³-hybridized carbons (Fsp3) is 0.636. The summed E-state index contributed by atoms with van der Waals surface area (Å²) in [4.78, 5) is 0. The molecule has 2 aliphatic carbocycles. The van der Waals surface area contributed by atoms with Gasteiger partial charge in [-0.25, -0.2) is 0 Å². The zero-order valence-corrected chi connectivity index (χ0v) is 8.53. The van der Waals surface area contributed by atoms with E-state index in [2.05, 4.69) is 16.9 Å². The number of aryl methyl sites for hydroxylation is 2. The van der Waals surface area contributed by atoms with E-state index in [9.17, 15) is 0 Å². The Morgan fingerprint density at radius 3 is 2.79 bits per heavy atom. The highest BCUT2D eigenvalue weighted by molar-refractivity contribution is 5.28. The Morgan fingerprint density at radius 1 is 1.29 bits per heavy atom. The lowest BCUT2D eigenvalue weighted by Crippen LogP contribution is -2.04. The summed E-state index contributed by atoms with van der Waals surface area (Å²) in [7, 11) is 1.99. The smallest absolute Gasteiger partial charge is 0.0859 e. The van der Waals surface area contributed by atoms with Crippen LogP contribution < -0.4 is 0 Å². The molecule has 74 valence electrons. The minimum atomic E-state index is 0.796. The van der Waals surface area contributed by atoms with Gasteiger partial charge in [-0.2, -0.15) is 0 Å². The summed E-state index contributed by atoms with van der Waals surface area (Å²) in [6, 6.07) is 0. The molecule has 2 atom stereocenters. The Kier molecular flexibility index (Phi) is 1.58. The van der Waals surface area contributed by atoms with Crippen LogP contribution in [0.15, 0.2) is 12.2 Å². The highest BCUT2D eigenvalue weighted by Gasteiger charge is 2.42. The van der Waals surface area contributed by atoms with Gasteiger partial charge in [-0.05, 0) is 37.5 Å². The molecule has 3 heteroatoms. The zero-order chi connectivity index (χ0) is 9.71. The molecule has 0 amide bonds. The lowest BCUT2D eigenvalue weighted by atomic mass is 10.0. The second kappa shape index (κ2) is 2.69. The van der Waals surface area contributed by atoms with Gasteiger partial charge in [-0.15, -0.1) is 5.10 Å². The summed E-state index contributed by atoms with van der Waals surface area (Å²) >= 11 is 0. The first-order valence-corrected chi connectivity index (χ1v) is 5.33. The van der Waals surface area contributed by atoms with Gasteiger partial charge < -0.3 is 0 Å². The van der Waals surface area contributed by atoms with E-state index in [1.54, 1.807) is 0 Å². The van der Waals surface area contributed by atoms with Crippen molar-refractivity contribution in [3.63, 3.8) is 0 Å². The van der Waals surface area contributed by atoms with E-state index in [-0.39, 0.29) is 0 Å². The second-order valence-corrected chi connectivity index (χ2v) is 4.47. The Bertz CT molecular complexity index is 391. The molecule has 2 aliphatic rings. The van der Waals surface area contributed by atoms with Gasteiger partial charge in [0.05, 0.1) is 11.4 Å². The number of hydrogen-bond acceptors (Lipinski definition) is 2. The average Bonchev–Trinajstić information content (AvgIpc) is 2.58. The highest BCUT2D eigenvalue weighted by Crippen LogP contribution is 2.50. The number of aromatic nitrogens is 3. The average molecular weight is 189 g/mol. The van der Waals surface area contributed by atoms with Crippen LogP contribution in [-0.4, -0.2) is 15.0 Å². The van der Waals surface area contributed by atoms with E-state index in [1.807, 2.05) is 11.7 Å². The van der Waals surface area contributed by atoms with E-state index in [1.165, 1.54) is 29.8 Å². The topological polar surface area (TPSA) is 30.7 Å². The second-order valence-electron chi connectivity index (χ2n) is 4.47. The molecule has 1 heterocycles. The Labute approximate surface area is 83.8 Å². The van der Waals surface area contributed by atoms with Crippen molar-refractivity contribution in [3.05, 3.63) is 23.5 Å². The van der Waals surface area contributed by atoms with Gasteiger partial charge in [0.2, 0.25) is 0 Å². The van der Waals surface area contributed by atoms with Crippen LogP contribution in [0.4, 0.5) is 0 Å². The molecule has 0 radical (unpaired) electrons. The number of rotatable bonds is 0. The van der Waals surface area contributed by atoms with Gasteiger partial charge >= 0.3 is 0 Å². The van der Waals surface area contributed by atoms with Gasteiger partial charge in [0, 0.05) is 7.05 Å². The van der Waals surface area contributed by atoms with Crippen molar-refractivity contribution in [2.45, 2.75) is 25.7 Å². The molecule has 3 rings (SSSR count). The predicted octanol–water partition coefficient (Wildman–Crippen LogP) is 1.50. The fourth-order valence-electron chi connectivity index (χ4n) is 2.72. The molecule has 3 nitrogen and oxygen atoms in total. The maximum Gasteiger partial charge on any atom is 0.0859 e.